The number of benzene rings is 1. The van der Waals surface area contributed by atoms with E-state index in [4.69, 9.17) is 0 Å². The summed E-state index contributed by atoms with van der Waals surface area (Å²) in [5.41, 5.74) is 1.47. The number of amides is 4. The van der Waals surface area contributed by atoms with Crippen molar-refractivity contribution in [2.24, 2.45) is 11.8 Å². The van der Waals surface area contributed by atoms with E-state index in [1.165, 1.54) is 11.8 Å². The Bertz CT molecular complexity index is 1280. The van der Waals surface area contributed by atoms with Crippen LogP contribution >= 0.6 is 11.3 Å². The van der Waals surface area contributed by atoms with Crippen molar-refractivity contribution in [1.82, 2.24) is 20.4 Å². The molecule has 0 saturated carbocycles. The molecule has 0 bridgehead atoms. The Morgan fingerprint density at radius 2 is 1.71 bits per heavy atom. The molecule has 2 aromatic rings. The Hall–Kier alpha value is -3.53. The molecule has 0 radical (unpaired) electrons. The maximum absolute atomic E-state index is 13.9. The second kappa shape index (κ2) is 13.0. The smallest absolute Gasteiger partial charge is 0.251 e. The van der Waals surface area contributed by atoms with Gasteiger partial charge in [-0.05, 0) is 53.8 Å². The number of ketones is 1. The monoisotopic (exact) mass is 580 g/mol. The van der Waals surface area contributed by atoms with Crippen LogP contribution in [0.25, 0.3) is 10.4 Å². The summed E-state index contributed by atoms with van der Waals surface area (Å²) in [5, 5.41) is 7.67. The van der Waals surface area contributed by atoms with Crippen molar-refractivity contribution in [3.05, 3.63) is 47.3 Å². The van der Waals surface area contributed by atoms with Crippen molar-refractivity contribution >= 4 is 40.7 Å². The highest BCUT2D eigenvalue weighted by molar-refractivity contribution is 7.13. The molecule has 4 amide bonds. The zero-order chi connectivity index (χ0) is 29.8. The summed E-state index contributed by atoms with van der Waals surface area (Å²) in [6.45, 7) is 9.40. The number of Topliss-reactive ketones (excluding diaryl/α,β-unsaturated/α-hetero) is 1. The Morgan fingerprint density at radius 1 is 1.00 bits per heavy atom. The van der Waals surface area contributed by atoms with Crippen molar-refractivity contribution in [1.29, 1.82) is 0 Å². The third-order valence-corrected chi connectivity index (χ3v) is 9.01. The van der Waals surface area contributed by atoms with E-state index in [0.29, 0.717) is 31.4 Å². The van der Waals surface area contributed by atoms with Crippen molar-refractivity contribution in [2.75, 3.05) is 13.1 Å². The molecule has 1 aromatic heterocycles. The Balaban J connectivity index is 1.49. The van der Waals surface area contributed by atoms with Crippen LogP contribution in [0.1, 0.15) is 64.2 Å². The van der Waals surface area contributed by atoms with Crippen molar-refractivity contribution in [3.8, 4) is 10.4 Å². The van der Waals surface area contributed by atoms with Crippen LogP contribution < -0.4 is 10.6 Å². The fraction of sp³-hybridized carbons (Fsp3) is 0.516. The van der Waals surface area contributed by atoms with E-state index in [2.05, 4.69) is 10.6 Å². The number of carbonyl (C=O) groups is 5. The van der Waals surface area contributed by atoms with Gasteiger partial charge in [0, 0.05) is 23.9 Å². The molecule has 2 aliphatic rings. The molecule has 9 nitrogen and oxygen atoms in total. The number of hydrogen-bond acceptors (Lipinski definition) is 6. The summed E-state index contributed by atoms with van der Waals surface area (Å²) in [4.78, 5) is 69.8. The summed E-state index contributed by atoms with van der Waals surface area (Å²) >= 11 is 1.62. The molecule has 2 saturated heterocycles. The molecular formula is C31H40N4O5S. The minimum atomic E-state index is -0.803. The lowest BCUT2D eigenvalue weighted by Crippen LogP contribution is -2.54. The first-order valence-electron chi connectivity index (χ1n) is 14.4. The summed E-state index contributed by atoms with van der Waals surface area (Å²) in [7, 11) is 0. The molecule has 5 unspecified atom stereocenters. The lowest BCUT2D eigenvalue weighted by molar-refractivity contribution is -0.139. The van der Waals surface area contributed by atoms with Gasteiger partial charge < -0.3 is 20.4 Å². The van der Waals surface area contributed by atoms with Crippen LogP contribution in [0.3, 0.4) is 0 Å². The highest BCUT2D eigenvalue weighted by atomic mass is 32.1. The number of rotatable bonds is 10. The first-order chi connectivity index (χ1) is 19.5. The fourth-order valence-electron chi connectivity index (χ4n) is 5.80. The molecule has 2 aliphatic heterocycles. The molecule has 10 heteroatoms. The molecule has 220 valence electrons. The first kappa shape index (κ1) is 30.4. The zero-order valence-electron chi connectivity index (χ0n) is 24.4. The van der Waals surface area contributed by atoms with Gasteiger partial charge in [-0.2, -0.15) is 0 Å². The maximum Gasteiger partial charge on any atom is 0.251 e. The SMILES string of the molecule is CCC(C)C(NC(C)=O)C(=O)N1CC(=O)C2C1CCN2C(=O)C(CC(C)C)NC(=O)c1ccc(-c2cccs2)cc1. The van der Waals surface area contributed by atoms with Crippen molar-refractivity contribution < 1.29 is 24.0 Å². The van der Waals surface area contributed by atoms with Gasteiger partial charge in [-0.1, -0.05) is 52.3 Å². The van der Waals surface area contributed by atoms with Gasteiger partial charge in [0.2, 0.25) is 17.7 Å². The summed E-state index contributed by atoms with van der Waals surface area (Å²) in [5.74, 6) is -1.43. The van der Waals surface area contributed by atoms with E-state index in [9.17, 15) is 24.0 Å². The summed E-state index contributed by atoms with van der Waals surface area (Å²) in [6.07, 6.45) is 1.57. The quantitative estimate of drug-likeness (QED) is 0.447. The Labute approximate surface area is 245 Å². The molecule has 2 fully saturated rings. The highest BCUT2D eigenvalue weighted by Gasteiger charge is 2.53. The highest BCUT2D eigenvalue weighted by Crippen LogP contribution is 2.32. The maximum atomic E-state index is 13.9. The topological polar surface area (TPSA) is 116 Å². The Kier molecular flexibility index (Phi) is 9.63. The third-order valence-electron chi connectivity index (χ3n) is 8.09. The minimum Gasteiger partial charge on any atom is -0.344 e. The minimum absolute atomic E-state index is 0.0950. The predicted octanol–water partition coefficient (Wildman–Crippen LogP) is 3.49. The van der Waals surface area contributed by atoms with Gasteiger partial charge in [-0.25, -0.2) is 0 Å². The standard InChI is InChI=1S/C31H40N4O5S/c1-6-19(4)27(32-20(5)36)31(40)35-17-25(37)28-24(35)13-14-34(28)30(39)23(16-18(2)3)33-29(38)22-11-9-21(10-12-22)26-8-7-15-41-26/h7-12,15,18-19,23-24,27-28H,6,13-14,16-17H2,1-5H3,(H,32,36)(H,33,38). The molecule has 5 atom stereocenters. The molecule has 3 heterocycles. The van der Waals surface area contributed by atoms with Crippen molar-refractivity contribution in [2.45, 2.75) is 78.0 Å². The predicted molar refractivity (Wildman–Crippen MR) is 158 cm³/mol. The number of likely N-dealkylation sites (tertiary alicyclic amines) is 2. The fourth-order valence-corrected chi connectivity index (χ4v) is 6.54. The van der Waals surface area contributed by atoms with Gasteiger partial charge in [0.15, 0.2) is 5.78 Å². The van der Waals surface area contributed by atoms with Crippen LogP contribution in [-0.2, 0) is 19.2 Å². The van der Waals surface area contributed by atoms with Gasteiger partial charge >= 0.3 is 0 Å². The van der Waals surface area contributed by atoms with E-state index in [-0.39, 0.29) is 47.8 Å². The molecule has 2 N–H and O–H groups in total. The molecule has 1 aromatic carbocycles. The van der Waals surface area contributed by atoms with Gasteiger partial charge in [0.05, 0.1) is 12.6 Å². The number of thiophene rings is 1. The number of carbonyl (C=O) groups excluding carboxylic acids is 5. The Morgan fingerprint density at radius 3 is 2.29 bits per heavy atom. The average molecular weight is 581 g/mol. The van der Waals surface area contributed by atoms with Crippen LogP contribution in [0, 0.1) is 11.8 Å². The third kappa shape index (κ3) is 6.69. The van der Waals surface area contributed by atoms with Crippen LogP contribution in [0.4, 0.5) is 0 Å². The van der Waals surface area contributed by atoms with E-state index >= 15 is 0 Å². The van der Waals surface area contributed by atoms with Crippen molar-refractivity contribution in [3.63, 3.8) is 0 Å². The van der Waals surface area contributed by atoms with Gasteiger partial charge in [-0.3, -0.25) is 24.0 Å². The van der Waals surface area contributed by atoms with Crippen LogP contribution in [0.5, 0.6) is 0 Å². The molecule has 41 heavy (non-hydrogen) atoms. The van der Waals surface area contributed by atoms with E-state index < -0.39 is 24.2 Å². The largest absolute Gasteiger partial charge is 0.344 e. The average Bonchev–Trinajstić information content (AvgIpc) is 3.69. The first-order valence-corrected chi connectivity index (χ1v) is 15.2. The molecular weight excluding hydrogens is 540 g/mol. The van der Waals surface area contributed by atoms with Crippen LogP contribution in [-0.4, -0.2) is 76.5 Å². The van der Waals surface area contributed by atoms with Gasteiger partial charge in [0.25, 0.3) is 5.91 Å². The van der Waals surface area contributed by atoms with Gasteiger partial charge in [-0.15, -0.1) is 11.3 Å². The zero-order valence-corrected chi connectivity index (χ0v) is 25.2. The molecule has 0 spiro atoms. The lowest BCUT2D eigenvalue weighted by Gasteiger charge is -2.31. The number of hydrogen-bond donors (Lipinski definition) is 2. The normalized spacial score (nSPS) is 20.5. The second-order valence-electron chi connectivity index (χ2n) is 11.5. The summed E-state index contributed by atoms with van der Waals surface area (Å²) in [6, 6.07) is 8.55. The van der Waals surface area contributed by atoms with Gasteiger partial charge in [0.1, 0.15) is 18.1 Å². The van der Waals surface area contributed by atoms with E-state index in [0.717, 1.165) is 10.4 Å². The molecule has 0 aliphatic carbocycles. The molecule has 4 rings (SSSR count). The number of nitrogens with one attached hydrogen (secondary N) is 2. The number of nitrogens with zero attached hydrogens (tertiary/aromatic N) is 2. The second-order valence-corrected chi connectivity index (χ2v) is 12.5. The lowest BCUT2D eigenvalue weighted by atomic mass is 9.97. The summed E-state index contributed by atoms with van der Waals surface area (Å²) < 4.78 is 0. The van der Waals surface area contributed by atoms with Crippen LogP contribution in [0.15, 0.2) is 41.8 Å². The van der Waals surface area contributed by atoms with E-state index in [1.54, 1.807) is 28.4 Å². The van der Waals surface area contributed by atoms with E-state index in [1.807, 2.05) is 57.3 Å². The van der Waals surface area contributed by atoms with Crippen LogP contribution in [0.2, 0.25) is 0 Å². The number of fused-ring (bicyclic) bond motifs is 1.